The molecule has 0 saturated heterocycles. The van der Waals surface area contributed by atoms with E-state index in [2.05, 4.69) is 20.3 Å². The topological polar surface area (TPSA) is 91.0 Å². The fourth-order valence-corrected chi connectivity index (χ4v) is 3.28. The summed E-state index contributed by atoms with van der Waals surface area (Å²) in [5.74, 6) is -2.33. The van der Waals surface area contributed by atoms with Crippen LogP contribution in [0.4, 0.5) is 8.78 Å². The van der Waals surface area contributed by atoms with Crippen LogP contribution in [0.3, 0.4) is 0 Å². The second kappa shape index (κ2) is 8.47. The number of benzene rings is 1. The van der Waals surface area contributed by atoms with Gasteiger partial charge in [-0.15, -0.1) is 0 Å². The van der Waals surface area contributed by atoms with E-state index in [0.29, 0.717) is 11.5 Å². The van der Waals surface area contributed by atoms with Crippen LogP contribution in [0.15, 0.2) is 54.5 Å². The third kappa shape index (κ3) is 4.35. The van der Waals surface area contributed by atoms with Crippen LogP contribution in [-0.4, -0.2) is 38.1 Å². The number of fused-ring (bicyclic) bond motifs is 1. The van der Waals surface area contributed by atoms with Crippen LogP contribution in [0.2, 0.25) is 0 Å². The minimum atomic E-state index is -0.929. The number of nitrogens with zero attached hydrogens (tertiary/aromatic N) is 3. The van der Waals surface area contributed by atoms with E-state index in [-0.39, 0.29) is 31.0 Å². The zero-order chi connectivity index (χ0) is 22.0. The highest BCUT2D eigenvalue weighted by molar-refractivity contribution is 6.09. The third-order valence-corrected chi connectivity index (χ3v) is 4.80. The van der Waals surface area contributed by atoms with Gasteiger partial charge in [0.15, 0.2) is 11.4 Å². The van der Waals surface area contributed by atoms with Crippen molar-refractivity contribution in [3.05, 3.63) is 83.1 Å². The Kier molecular flexibility index (Phi) is 5.57. The molecular weight excluding hydrogens is 404 g/mol. The number of carbonyl (C=O) groups is 2. The molecule has 1 aliphatic rings. The van der Waals surface area contributed by atoms with Gasteiger partial charge in [0.05, 0.1) is 24.2 Å². The number of halogens is 2. The predicted octanol–water partition coefficient (Wildman–Crippen LogP) is 3.15. The first kappa shape index (κ1) is 20.4. The fraction of sp³-hybridized carbons (Fsp3) is 0.182. The summed E-state index contributed by atoms with van der Waals surface area (Å²) in [6, 6.07) is 5.18. The molecule has 3 heterocycles. The molecule has 1 aliphatic heterocycles. The van der Waals surface area contributed by atoms with Gasteiger partial charge in [0.25, 0.3) is 0 Å². The number of aromatic amines is 1. The van der Waals surface area contributed by atoms with Gasteiger partial charge in [0.1, 0.15) is 17.5 Å². The highest BCUT2D eigenvalue weighted by Crippen LogP contribution is 2.19. The van der Waals surface area contributed by atoms with E-state index in [1.54, 1.807) is 18.5 Å². The van der Waals surface area contributed by atoms with Crippen molar-refractivity contribution in [3.63, 3.8) is 0 Å². The third-order valence-electron chi connectivity index (χ3n) is 4.80. The average Bonchev–Trinajstić information content (AvgIpc) is 3.15. The predicted molar refractivity (Wildman–Crippen MR) is 110 cm³/mol. The van der Waals surface area contributed by atoms with E-state index >= 15 is 0 Å². The van der Waals surface area contributed by atoms with Gasteiger partial charge in [-0.25, -0.2) is 18.7 Å². The van der Waals surface area contributed by atoms with Gasteiger partial charge in [-0.05, 0) is 37.1 Å². The maximum Gasteiger partial charge on any atom is 0.246 e. The van der Waals surface area contributed by atoms with Crippen molar-refractivity contribution >= 4 is 22.9 Å². The number of aromatic nitrogens is 3. The van der Waals surface area contributed by atoms with Crippen molar-refractivity contribution in [1.82, 2.24) is 25.2 Å². The van der Waals surface area contributed by atoms with Gasteiger partial charge in [-0.2, -0.15) is 0 Å². The molecule has 1 amide bonds. The Balaban J connectivity index is 1.53. The van der Waals surface area contributed by atoms with Crippen LogP contribution in [0.5, 0.6) is 0 Å². The van der Waals surface area contributed by atoms with Crippen LogP contribution < -0.4 is 5.32 Å². The molecule has 0 fully saturated rings. The van der Waals surface area contributed by atoms with Crippen molar-refractivity contribution in [1.29, 1.82) is 0 Å². The van der Waals surface area contributed by atoms with E-state index < -0.39 is 23.0 Å². The van der Waals surface area contributed by atoms with Crippen LogP contribution in [0, 0.1) is 18.6 Å². The summed E-state index contributed by atoms with van der Waals surface area (Å²) in [6.45, 7) is 2.00. The Labute approximate surface area is 176 Å². The standard InChI is InChI=1S/C22H19F2N5O2/c1-13-8-17-22(26-9-13)28-18(27-17)12-29-7-3-4-14(10-25-11-19(29)30)21(31)20-15(23)5-2-6-16(20)24/h2-3,5-10,25H,4,11-12H2,1H3,(H,26,27,28)/b7-3-,14-10+. The monoisotopic (exact) mass is 423 g/mol. The quantitative estimate of drug-likeness (QED) is 0.629. The lowest BCUT2D eigenvalue weighted by Crippen LogP contribution is -2.32. The highest BCUT2D eigenvalue weighted by atomic mass is 19.1. The number of allylic oxidation sites excluding steroid dienone is 2. The first-order chi connectivity index (χ1) is 14.9. The van der Waals surface area contributed by atoms with E-state index in [4.69, 9.17) is 0 Å². The maximum atomic E-state index is 14.0. The molecule has 0 unspecified atom stereocenters. The first-order valence-electron chi connectivity index (χ1n) is 9.61. The lowest BCUT2D eigenvalue weighted by Gasteiger charge is -2.16. The Bertz CT molecular complexity index is 1210. The molecule has 0 radical (unpaired) electrons. The summed E-state index contributed by atoms with van der Waals surface area (Å²) >= 11 is 0. The highest BCUT2D eigenvalue weighted by Gasteiger charge is 2.21. The number of amides is 1. The molecule has 0 atom stereocenters. The molecule has 9 heteroatoms. The molecule has 31 heavy (non-hydrogen) atoms. The number of H-pyrrole nitrogens is 1. The van der Waals surface area contributed by atoms with Crippen molar-refractivity contribution in [2.45, 2.75) is 19.9 Å². The molecule has 2 aromatic heterocycles. The number of rotatable bonds is 4. The van der Waals surface area contributed by atoms with E-state index in [1.807, 2.05) is 13.0 Å². The Morgan fingerprint density at radius 1 is 1.26 bits per heavy atom. The SMILES string of the molecule is Cc1cnc2nc(CN3/C=C\C/C(C(=O)c4c(F)cccc4F)=C\NCC3=O)[nH]c2c1. The zero-order valence-corrected chi connectivity index (χ0v) is 16.7. The molecule has 4 rings (SSSR count). The summed E-state index contributed by atoms with van der Waals surface area (Å²) in [5.41, 5.74) is 1.84. The summed E-state index contributed by atoms with van der Waals surface area (Å²) in [6.07, 6.45) is 6.27. The summed E-state index contributed by atoms with van der Waals surface area (Å²) in [7, 11) is 0. The number of ketones is 1. The number of imidazole rings is 1. The minimum absolute atomic E-state index is 0.0876. The molecule has 0 saturated carbocycles. The van der Waals surface area contributed by atoms with E-state index in [0.717, 1.165) is 23.2 Å². The van der Waals surface area contributed by atoms with Gasteiger partial charge in [-0.1, -0.05) is 12.1 Å². The normalized spacial score (nSPS) is 17.3. The lowest BCUT2D eigenvalue weighted by molar-refractivity contribution is -0.128. The summed E-state index contributed by atoms with van der Waals surface area (Å²) in [5, 5.41) is 2.76. The number of pyridine rings is 1. The summed E-state index contributed by atoms with van der Waals surface area (Å²) in [4.78, 5) is 38.5. The molecule has 0 spiro atoms. The number of nitrogens with one attached hydrogen (secondary N) is 2. The van der Waals surface area contributed by atoms with Gasteiger partial charge in [-0.3, -0.25) is 9.59 Å². The minimum Gasteiger partial charge on any atom is -0.382 e. The molecular formula is C22H19F2N5O2. The average molecular weight is 423 g/mol. The smallest absolute Gasteiger partial charge is 0.246 e. The molecule has 3 aromatic rings. The van der Waals surface area contributed by atoms with Crippen LogP contribution in [0.1, 0.15) is 28.2 Å². The van der Waals surface area contributed by atoms with Crippen LogP contribution >= 0.6 is 0 Å². The van der Waals surface area contributed by atoms with Crippen LogP contribution in [0.25, 0.3) is 11.2 Å². The van der Waals surface area contributed by atoms with Crippen molar-refractivity contribution < 1.29 is 18.4 Å². The molecule has 158 valence electrons. The van der Waals surface area contributed by atoms with E-state index in [1.165, 1.54) is 17.2 Å². The van der Waals surface area contributed by atoms with Gasteiger partial charge in [0, 0.05) is 24.2 Å². The van der Waals surface area contributed by atoms with Gasteiger partial charge in [0.2, 0.25) is 5.91 Å². The molecule has 7 nitrogen and oxygen atoms in total. The van der Waals surface area contributed by atoms with Crippen molar-refractivity contribution in [2.75, 3.05) is 6.54 Å². The lowest BCUT2D eigenvalue weighted by atomic mass is 10.0. The number of hydrogen-bond acceptors (Lipinski definition) is 5. The maximum absolute atomic E-state index is 14.0. The Hall–Kier alpha value is -3.88. The largest absolute Gasteiger partial charge is 0.382 e. The zero-order valence-electron chi connectivity index (χ0n) is 16.7. The molecule has 1 aromatic carbocycles. The second-order valence-corrected chi connectivity index (χ2v) is 7.15. The number of aryl methyl sites for hydroxylation is 1. The first-order valence-corrected chi connectivity index (χ1v) is 9.61. The number of carbonyl (C=O) groups excluding carboxylic acids is 2. The summed E-state index contributed by atoms with van der Waals surface area (Å²) < 4.78 is 28.0. The number of hydrogen-bond donors (Lipinski definition) is 2. The molecule has 2 N–H and O–H groups in total. The van der Waals surface area contributed by atoms with Crippen LogP contribution in [-0.2, 0) is 11.3 Å². The Morgan fingerprint density at radius 2 is 2.03 bits per heavy atom. The Morgan fingerprint density at radius 3 is 2.81 bits per heavy atom. The van der Waals surface area contributed by atoms with Gasteiger partial charge < -0.3 is 15.2 Å². The molecule has 0 aliphatic carbocycles. The number of Topliss-reactive ketones (excluding diaryl/α,β-unsaturated/α-hetero) is 1. The van der Waals surface area contributed by atoms with E-state index in [9.17, 15) is 18.4 Å². The van der Waals surface area contributed by atoms with Crippen molar-refractivity contribution in [3.8, 4) is 0 Å². The second-order valence-electron chi connectivity index (χ2n) is 7.15. The fourth-order valence-electron chi connectivity index (χ4n) is 3.28. The molecule has 0 bridgehead atoms. The van der Waals surface area contributed by atoms with Crippen molar-refractivity contribution in [2.24, 2.45) is 0 Å². The van der Waals surface area contributed by atoms with Gasteiger partial charge >= 0.3 is 0 Å².